The fourth-order valence-electron chi connectivity index (χ4n) is 8.12. The third kappa shape index (κ3) is 36.4. The molecule has 0 bridgehead atoms. The Morgan fingerprint density at radius 3 is 1.37 bits per heavy atom. The molecule has 0 fully saturated rings. The Bertz CT molecular complexity index is 2770. The number of hydrogen-bond donors (Lipinski definition) is 19. The number of rotatable bonds is 46. The first-order valence-corrected chi connectivity index (χ1v) is 30.2. The summed E-state index contributed by atoms with van der Waals surface area (Å²) in [5.74, 6) is -14.7. The predicted molar refractivity (Wildman–Crippen MR) is 330 cm³/mol. The lowest BCUT2D eigenvalue weighted by molar-refractivity contribution is -0.135. The second kappa shape index (κ2) is 44.4. The highest BCUT2D eigenvalue weighted by molar-refractivity contribution is 5.99. The summed E-state index contributed by atoms with van der Waals surface area (Å²) in [6.07, 6.45) is 2.99. The average Bonchev–Trinajstić information content (AvgIpc) is 1.34. The zero-order chi connectivity index (χ0) is 70.2. The van der Waals surface area contributed by atoms with E-state index in [-0.39, 0.29) is 30.9 Å². The topological polar surface area (TPSA) is 583 Å². The van der Waals surface area contributed by atoms with Crippen LogP contribution in [-0.4, -0.2) is 200 Å². The van der Waals surface area contributed by atoms with Crippen molar-refractivity contribution in [1.82, 2.24) is 74.4 Å². The van der Waals surface area contributed by atoms with E-state index in [0.29, 0.717) is 44.3 Å². The van der Waals surface area contributed by atoms with Crippen molar-refractivity contribution in [1.29, 1.82) is 0 Å². The first-order valence-electron chi connectivity index (χ1n) is 30.2. The molecular weight excluding hydrogens is 1220 g/mol. The Labute approximate surface area is 537 Å². The lowest BCUT2D eigenvalue weighted by Gasteiger charge is -2.25. The fourth-order valence-corrected chi connectivity index (χ4v) is 8.12. The summed E-state index contributed by atoms with van der Waals surface area (Å²) in [6.45, 7) is 4.49. The predicted octanol–water partition coefficient (Wildman–Crippen LogP) is -8.05. The quantitative estimate of drug-likeness (QED) is 0.0270. The van der Waals surface area contributed by atoms with Crippen molar-refractivity contribution in [3.63, 3.8) is 0 Å². The van der Waals surface area contributed by atoms with Crippen LogP contribution >= 0.6 is 0 Å². The van der Waals surface area contributed by atoms with Gasteiger partial charge in [-0.3, -0.25) is 81.5 Å². The second-order valence-corrected chi connectivity index (χ2v) is 21.8. The highest BCUT2D eigenvalue weighted by Crippen LogP contribution is 2.13. The van der Waals surface area contributed by atoms with Crippen LogP contribution in [0.2, 0.25) is 0 Å². The van der Waals surface area contributed by atoms with E-state index in [9.17, 15) is 86.6 Å². The molecule has 7 atom stereocenters. The van der Waals surface area contributed by atoms with Crippen molar-refractivity contribution >= 4 is 100 Å². The molecule has 0 heterocycles. The van der Waals surface area contributed by atoms with Crippen LogP contribution < -0.4 is 97.4 Å². The van der Waals surface area contributed by atoms with Gasteiger partial charge in [-0.2, -0.15) is 0 Å². The summed E-state index contributed by atoms with van der Waals surface area (Å²) in [5.41, 5.74) is 21.5. The third-order valence-corrected chi connectivity index (χ3v) is 13.3. The van der Waals surface area contributed by atoms with Crippen molar-refractivity contribution in [3.8, 4) is 5.75 Å². The third-order valence-electron chi connectivity index (χ3n) is 13.3. The highest BCUT2D eigenvalue weighted by atomic mass is 16.3. The summed E-state index contributed by atoms with van der Waals surface area (Å²) in [6, 6.07) is -4.74. The van der Waals surface area contributed by atoms with Gasteiger partial charge in [-0.25, -0.2) is 0 Å². The molecule has 0 aromatic heterocycles. The molecule has 0 aliphatic carbocycles. The molecule has 0 saturated heterocycles. The smallest absolute Gasteiger partial charge is 0.243 e. The van der Waals surface area contributed by atoms with E-state index < -0.39 is 201 Å². The molecule has 1 aromatic rings. The van der Waals surface area contributed by atoms with Crippen LogP contribution in [0.15, 0.2) is 24.3 Å². The lowest BCUT2D eigenvalue weighted by atomic mass is 10.0. The molecule has 0 radical (unpaired) electrons. The van der Waals surface area contributed by atoms with Crippen molar-refractivity contribution in [2.75, 3.05) is 52.4 Å². The van der Waals surface area contributed by atoms with Gasteiger partial charge in [0.05, 0.1) is 45.7 Å². The maximum absolute atomic E-state index is 13.9. The molecular formula is C57H92N18O18. The van der Waals surface area contributed by atoms with E-state index >= 15 is 0 Å². The number of unbranched alkanes of at least 4 members (excludes halogenated alkanes) is 4. The molecule has 93 heavy (non-hydrogen) atoms. The van der Waals surface area contributed by atoms with Crippen LogP contribution in [0.25, 0.3) is 0 Å². The van der Waals surface area contributed by atoms with Gasteiger partial charge in [0, 0.05) is 32.2 Å². The molecule has 1 aromatic carbocycles. The van der Waals surface area contributed by atoms with Gasteiger partial charge in [0.25, 0.3) is 0 Å². The van der Waals surface area contributed by atoms with Crippen molar-refractivity contribution in [2.45, 2.75) is 160 Å². The Morgan fingerprint density at radius 1 is 0.398 bits per heavy atom. The van der Waals surface area contributed by atoms with Gasteiger partial charge in [-0.1, -0.05) is 45.7 Å². The molecule has 23 N–H and O–H groups in total. The minimum Gasteiger partial charge on any atom is -0.508 e. The fraction of sp³-hybridized carbons (Fsp3) is 0.596. The van der Waals surface area contributed by atoms with Gasteiger partial charge < -0.3 is 102 Å². The summed E-state index contributed by atoms with van der Waals surface area (Å²) in [5, 5.41) is 43.0. The summed E-state index contributed by atoms with van der Waals surface area (Å²) in [4.78, 5) is 215. The number of benzene rings is 1. The Kier molecular flexibility index (Phi) is 38.7. The van der Waals surface area contributed by atoms with Crippen LogP contribution in [0.3, 0.4) is 0 Å². The van der Waals surface area contributed by atoms with Crippen molar-refractivity contribution < 1.29 is 86.6 Å². The molecule has 36 heteroatoms. The average molecular weight is 1320 g/mol. The van der Waals surface area contributed by atoms with Gasteiger partial charge in [-0.05, 0) is 82.5 Å². The van der Waals surface area contributed by atoms with Gasteiger partial charge in [-0.15, -0.1) is 0 Å². The molecule has 0 aliphatic heterocycles. The lowest BCUT2D eigenvalue weighted by Crippen LogP contribution is -2.59. The summed E-state index contributed by atoms with van der Waals surface area (Å²) in [7, 11) is 0. The number of phenolic OH excluding ortho intramolecular Hbond substituents is 1. The molecule has 518 valence electrons. The summed E-state index contributed by atoms with van der Waals surface area (Å²) >= 11 is 0. The van der Waals surface area contributed by atoms with Gasteiger partial charge in [0.2, 0.25) is 100 Å². The number of carbonyl (C=O) groups is 17. The largest absolute Gasteiger partial charge is 0.508 e. The van der Waals surface area contributed by atoms with E-state index in [1.54, 1.807) is 13.8 Å². The molecule has 1 rings (SSSR count). The van der Waals surface area contributed by atoms with Gasteiger partial charge in [0.15, 0.2) is 0 Å². The SMILES string of the molecule is CC[C@H](NC(=O)CNC(=O)CNC(=O)CCCCCNC(=O)CCCCCN)C(=O)NCC(=O)N[C@@H](CC(N)=O)C(=O)N[C@@H](C)C(=O)N[C@@H](Cc1ccc(O)cc1)C(=O)N[C@@H](C)C(=O)N[C@@H](CCC(N)=O)C(=O)NCC(=O)NCC(=O)NC(C(=O)NCC(N)=O)C(C)C. The van der Waals surface area contributed by atoms with E-state index in [4.69, 9.17) is 22.9 Å². The molecule has 0 saturated carbocycles. The van der Waals surface area contributed by atoms with E-state index in [1.165, 1.54) is 45.0 Å². The minimum atomic E-state index is -1.73. The first-order chi connectivity index (χ1) is 43.8. The van der Waals surface area contributed by atoms with E-state index in [0.717, 1.165) is 19.3 Å². The molecule has 0 spiro atoms. The Balaban J connectivity index is 2.89. The molecule has 0 aliphatic rings. The number of phenols is 1. The molecule has 1 unspecified atom stereocenters. The number of primary amides is 3. The Hall–Kier alpha value is -10.0. The normalized spacial score (nSPS) is 12.9. The summed E-state index contributed by atoms with van der Waals surface area (Å²) < 4.78 is 0. The standard InChI is InChI=1S/C57H92N18O18/c1-6-36(71-47(84)28-64-45(82)26-63-44(81)14-10-8-12-22-62-43(80)13-9-7-11-21-58)53(89)68-30-48(85)72-39(24-41(60)78)56(92)70-33(5)52(88)74-38(23-34-15-17-35(76)18-16-34)55(91)69-32(4)51(87)73-37(19-20-40(59)77)54(90)67-27-46(83)65-29-49(86)75-50(31(2)3)57(93)66-25-42(61)79/h15-18,31-33,36-39,50,76H,6-14,19-30,58H2,1-5H3,(H2,59,77)(H2,60,78)(H2,61,79)(H,62,80)(H,63,81)(H,64,82)(H,65,83)(H,66,93)(H,67,90)(H,68,89)(H,69,91)(H,70,92)(H,71,84)(H,72,85)(H,73,87)(H,74,88)(H,75,86)/t32-,33-,36-,37-,38-,39-,50?/m0/s1. The van der Waals surface area contributed by atoms with Crippen LogP contribution in [0, 0.1) is 5.92 Å². The number of hydrogen-bond acceptors (Lipinski definition) is 19. The van der Waals surface area contributed by atoms with E-state index in [1.807, 2.05) is 0 Å². The second-order valence-electron chi connectivity index (χ2n) is 21.8. The number of nitrogens with one attached hydrogen (secondary N) is 14. The van der Waals surface area contributed by atoms with Crippen LogP contribution in [0.1, 0.15) is 117 Å². The molecule has 17 amide bonds. The maximum atomic E-state index is 13.9. The molecule has 36 nitrogen and oxygen atoms in total. The zero-order valence-electron chi connectivity index (χ0n) is 53.0. The minimum absolute atomic E-state index is 0.0112. The van der Waals surface area contributed by atoms with E-state index in [2.05, 4.69) is 74.4 Å². The number of aromatic hydroxyl groups is 1. The van der Waals surface area contributed by atoms with Crippen molar-refractivity contribution in [2.24, 2.45) is 28.9 Å². The first kappa shape index (κ1) is 81.0. The Morgan fingerprint density at radius 2 is 0.849 bits per heavy atom. The van der Waals surface area contributed by atoms with Crippen LogP contribution in [-0.2, 0) is 87.9 Å². The number of nitrogens with two attached hydrogens (primary N) is 4. The monoisotopic (exact) mass is 1320 g/mol. The number of amides is 17. The maximum Gasteiger partial charge on any atom is 0.243 e. The van der Waals surface area contributed by atoms with Gasteiger partial charge in [0.1, 0.15) is 48.0 Å². The van der Waals surface area contributed by atoms with Crippen LogP contribution in [0.4, 0.5) is 0 Å². The zero-order valence-corrected chi connectivity index (χ0v) is 53.0. The highest BCUT2D eigenvalue weighted by Gasteiger charge is 2.32. The van der Waals surface area contributed by atoms with Crippen molar-refractivity contribution in [3.05, 3.63) is 29.8 Å². The van der Waals surface area contributed by atoms with Gasteiger partial charge >= 0.3 is 0 Å². The number of carbonyl (C=O) groups excluding carboxylic acids is 17. The van der Waals surface area contributed by atoms with Crippen LogP contribution in [0.5, 0.6) is 5.75 Å².